The predicted octanol–water partition coefficient (Wildman–Crippen LogP) is 2.39. The topological polar surface area (TPSA) is 79.2 Å². The second kappa shape index (κ2) is 6.60. The smallest absolute Gasteiger partial charge is 0.354 e. The zero-order chi connectivity index (χ0) is 16.3. The van der Waals surface area contributed by atoms with Gasteiger partial charge in [-0.15, -0.1) is 0 Å². The van der Waals surface area contributed by atoms with E-state index in [1.807, 2.05) is 24.3 Å². The molecule has 6 nitrogen and oxygen atoms in total. The molecule has 22 heavy (non-hydrogen) atoms. The van der Waals surface area contributed by atoms with E-state index >= 15 is 0 Å². The summed E-state index contributed by atoms with van der Waals surface area (Å²) in [7, 11) is 0. The highest BCUT2D eigenvalue weighted by Crippen LogP contribution is 2.27. The Morgan fingerprint density at radius 2 is 2.00 bits per heavy atom. The lowest BCUT2D eigenvalue weighted by molar-refractivity contribution is -0.138. The summed E-state index contributed by atoms with van der Waals surface area (Å²) < 4.78 is 4.90. The number of carboxylic acids is 1. The highest BCUT2D eigenvalue weighted by Gasteiger charge is 2.36. The number of carboxylic acid groups (broad SMARTS) is 1. The molecule has 118 valence electrons. The first-order chi connectivity index (χ1) is 10.4. The Balaban J connectivity index is 2.28. The Bertz CT molecular complexity index is 593. The Labute approximate surface area is 129 Å². The summed E-state index contributed by atoms with van der Waals surface area (Å²) in [5.74, 6) is -1.19. The van der Waals surface area contributed by atoms with Crippen molar-refractivity contribution in [3.8, 4) is 0 Å². The molecule has 1 heterocycles. The van der Waals surface area contributed by atoms with Crippen molar-refractivity contribution in [1.82, 2.24) is 0 Å². The van der Waals surface area contributed by atoms with E-state index < -0.39 is 18.0 Å². The van der Waals surface area contributed by atoms with Gasteiger partial charge in [0.2, 0.25) is 0 Å². The first-order valence-electron chi connectivity index (χ1n) is 7.30. The van der Waals surface area contributed by atoms with Crippen molar-refractivity contribution in [1.29, 1.82) is 0 Å². The number of rotatable bonds is 5. The van der Waals surface area contributed by atoms with E-state index in [1.54, 1.807) is 6.92 Å². The second-order valence-electron chi connectivity index (χ2n) is 5.42. The standard InChI is InChI=1S/C16H20N2O4/c1-4-22-16(21)13-9-14(15(19)20)18(17-13)12-7-5-11(6-8-12)10(2)3/h5-8,10,14H,4,9H2,1-3H3,(H,19,20)/t14-/m0/s1. The van der Waals surface area contributed by atoms with Gasteiger partial charge in [0.1, 0.15) is 5.71 Å². The van der Waals surface area contributed by atoms with Crippen LogP contribution in [-0.2, 0) is 14.3 Å². The summed E-state index contributed by atoms with van der Waals surface area (Å²) in [6.07, 6.45) is 0.0418. The molecule has 1 atom stereocenters. The summed E-state index contributed by atoms with van der Waals surface area (Å²) in [6.45, 7) is 6.10. The number of carbonyl (C=O) groups excluding carboxylic acids is 1. The van der Waals surface area contributed by atoms with E-state index in [2.05, 4.69) is 18.9 Å². The van der Waals surface area contributed by atoms with Crippen LogP contribution in [0.2, 0.25) is 0 Å². The van der Waals surface area contributed by atoms with Crippen LogP contribution in [0.1, 0.15) is 38.7 Å². The fourth-order valence-electron chi connectivity index (χ4n) is 2.29. The van der Waals surface area contributed by atoms with E-state index in [4.69, 9.17) is 4.74 Å². The average Bonchev–Trinajstić information content (AvgIpc) is 2.93. The van der Waals surface area contributed by atoms with Gasteiger partial charge in [-0.3, -0.25) is 5.01 Å². The van der Waals surface area contributed by atoms with Crippen molar-refractivity contribution >= 4 is 23.3 Å². The van der Waals surface area contributed by atoms with Crippen LogP contribution in [0.25, 0.3) is 0 Å². The largest absolute Gasteiger partial charge is 0.480 e. The molecule has 1 N–H and O–H groups in total. The van der Waals surface area contributed by atoms with Gasteiger partial charge < -0.3 is 9.84 Å². The minimum Gasteiger partial charge on any atom is -0.480 e. The Morgan fingerprint density at radius 1 is 1.36 bits per heavy atom. The molecule has 6 heteroatoms. The van der Waals surface area contributed by atoms with Gasteiger partial charge in [0, 0.05) is 6.42 Å². The number of hydrogen-bond donors (Lipinski definition) is 1. The van der Waals surface area contributed by atoms with Gasteiger partial charge in [-0.25, -0.2) is 9.59 Å². The number of benzene rings is 1. The maximum Gasteiger partial charge on any atom is 0.354 e. The zero-order valence-corrected chi connectivity index (χ0v) is 12.9. The fourth-order valence-corrected chi connectivity index (χ4v) is 2.29. The van der Waals surface area contributed by atoms with E-state index in [1.165, 1.54) is 5.01 Å². The number of hydrazone groups is 1. The second-order valence-corrected chi connectivity index (χ2v) is 5.42. The maximum atomic E-state index is 11.8. The third kappa shape index (κ3) is 3.27. The molecule has 1 aromatic rings. The lowest BCUT2D eigenvalue weighted by Crippen LogP contribution is -2.34. The quantitative estimate of drug-likeness (QED) is 0.845. The molecule has 2 rings (SSSR count). The molecular weight excluding hydrogens is 284 g/mol. The van der Waals surface area contributed by atoms with Crippen molar-refractivity contribution in [2.24, 2.45) is 5.10 Å². The van der Waals surface area contributed by atoms with Crippen molar-refractivity contribution in [3.05, 3.63) is 29.8 Å². The molecule has 0 unspecified atom stereocenters. The Morgan fingerprint density at radius 3 is 2.50 bits per heavy atom. The minimum atomic E-state index is -1.02. The minimum absolute atomic E-state index is 0.0418. The Hall–Kier alpha value is -2.37. The van der Waals surface area contributed by atoms with E-state index in [0.717, 1.165) is 5.56 Å². The molecule has 1 aliphatic heterocycles. The highest BCUT2D eigenvalue weighted by molar-refractivity contribution is 6.38. The molecule has 0 radical (unpaired) electrons. The third-order valence-electron chi connectivity index (χ3n) is 3.53. The number of ether oxygens (including phenoxy) is 1. The zero-order valence-electron chi connectivity index (χ0n) is 12.9. The summed E-state index contributed by atoms with van der Waals surface area (Å²) in [4.78, 5) is 23.2. The number of esters is 1. The van der Waals surface area contributed by atoms with E-state index in [0.29, 0.717) is 11.6 Å². The molecule has 0 amide bonds. The lowest BCUT2D eigenvalue weighted by Gasteiger charge is -2.20. The molecule has 0 bridgehead atoms. The van der Waals surface area contributed by atoms with Gasteiger partial charge in [0.05, 0.1) is 12.3 Å². The van der Waals surface area contributed by atoms with Crippen molar-refractivity contribution in [2.75, 3.05) is 11.6 Å². The summed E-state index contributed by atoms with van der Waals surface area (Å²) in [5.41, 5.74) is 1.95. The van der Waals surface area contributed by atoms with Crippen molar-refractivity contribution in [3.63, 3.8) is 0 Å². The molecule has 0 saturated heterocycles. The van der Waals surface area contributed by atoms with Crippen LogP contribution in [0.4, 0.5) is 5.69 Å². The SMILES string of the molecule is CCOC(=O)C1=NN(c2ccc(C(C)C)cc2)[C@H](C(=O)O)C1. The first-order valence-corrected chi connectivity index (χ1v) is 7.30. The van der Waals surface area contributed by atoms with Crippen LogP contribution in [0.5, 0.6) is 0 Å². The monoisotopic (exact) mass is 304 g/mol. The molecule has 0 aliphatic carbocycles. The van der Waals surface area contributed by atoms with E-state index in [-0.39, 0.29) is 18.7 Å². The van der Waals surface area contributed by atoms with Crippen LogP contribution >= 0.6 is 0 Å². The molecule has 1 aromatic carbocycles. The number of anilines is 1. The van der Waals surface area contributed by atoms with Gasteiger partial charge in [-0.2, -0.15) is 5.10 Å². The average molecular weight is 304 g/mol. The maximum absolute atomic E-state index is 11.8. The van der Waals surface area contributed by atoms with Crippen molar-refractivity contribution in [2.45, 2.75) is 39.2 Å². The first kappa shape index (κ1) is 16.0. The molecule has 0 aromatic heterocycles. The third-order valence-corrected chi connectivity index (χ3v) is 3.53. The Kier molecular flexibility index (Phi) is 4.80. The number of hydrogen-bond acceptors (Lipinski definition) is 5. The molecule has 1 aliphatic rings. The number of carbonyl (C=O) groups is 2. The van der Waals surface area contributed by atoms with Gasteiger partial charge >= 0.3 is 11.9 Å². The lowest BCUT2D eigenvalue weighted by atomic mass is 10.0. The van der Waals surface area contributed by atoms with Crippen LogP contribution in [-0.4, -0.2) is 35.4 Å². The molecule has 0 saturated carbocycles. The number of nitrogens with zero attached hydrogens (tertiary/aromatic N) is 2. The summed E-state index contributed by atoms with van der Waals surface area (Å²) in [5, 5.41) is 14.9. The van der Waals surface area contributed by atoms with Crippen LogP contribution in [0, 0.1) is 0 Å². The summed E-state index contributed by atoms with van der Waals surface area (Å²) >= 11 is 0. The van der Waals surface area contributed by atoms with Gasteiger partial charge in [0.25, 0.3) is 0 Å². The predicted molar refractivity (Wildman–Crippen MR) is 83.1 cm³/mol. The van der Waals surface area contributed by atoms with E-state index in [9.17, 15) is 14.7 Å². The summed E-state index contributed by atoms with van der Waals surface area (Å²) in [6, 6.07) is 6.64. The molecule has 0 fully saturated rings. The normalized spacial score (nSPS) is 17.5. The fraction of sp³-hybridized carbons (Fsp3) is 0.438. The van der Waals surface area contributed by atoms with Crippen LogP contribution < -0.4 is 5.01 Å². The van der Waals surface area contributed by atoms with Crippen LogP contribution in [0.15, 0.2) is 29.4 Å². The molecular formula is C16H20N2O4. The van der Waals surface area contributed by atoms with Gasteiger partial charge in [-0.05, 0) is 30.5 Å². The number of aliphatic carboxylic acids is 1. The van der Waals surface area contributed by atoms with Crippen molar-refractivity contribution < 1.29 is 19.4 Å². The van der Waals surface area contributed by atoms with Crippen LogP contribution in [0.3, 0.4) is 0 Å². The van der Waals surface area contributed by atoms with Gasteiger partial charge in [0.15, 0.2) is 6.04 Å². The molecule has 0 spiro atoms. The van der Waals surface area contributed by atoms with Gasteiger partial charge in [-0.1, -0.05) is 26.0 Å². The highest BCUT2D eigenvalue weighted by atomic mass is 16.5.